The molecule has 0 saturated carbocycles. The summed E-state index contributed by atoms with van der Waals surface area (Å²) in [6.07, 6.45) is 4.39. The van der Waals surface area contributed by atoms with E-state index in [9.17, 15) is 5.11 Å². The minimum atomic E-state index is -0.522. The summed E-state index contributed by atoms with van der Waals surface area (Å²) in [5, 5.41) is 18.3. The first-order valence-corrected chi connectivity index (χ1v) is 6.38. The fourth-order valence-corrected chi connectivity index (χ4v) is 2.89. The van der Waals surface area contributed by atoms with Crippen molar-refractivity contribution < 1.29 is 5.11 Å². The van der Waals surface area contributed by atoms with Gasteiger partial charge in [0.1, 0.15) is 6.10 Å². The lowest BCUT2D eigenvalue weighted by atomic mass is 9.79. The van der Waals surface area contributed by atoms with Gasteiger partial charge in [0.05, 0.1) is 11.9 Å². The number of aliphatic hydroxyl groups excluding tert-OH is 1. The quantitative estimate of drug-likeness (QED) is 0.877. The van der Waals surface area contributed by atoms with Crippen LogP contribution in [0.5, 0.6) is 0 Å². The number of fused-ring (bicyclic) bond motifs is 1. The topological polar surface area (TPSA) is 50.9 Å². The van der Waals surface area contributed by atoms with E-state index in [0.717, 1.165) is 25.0 Å². The molecule has 1 aromatic heterocycles. The van der Waals surface area contributed by atoms with Crippen LogP contribution >= 0.6 is 0 Å². The number of nitrogens with zero attached hydrogens (tertiary/aromatic N) is 3. The van der Waals surface area contributed by atoms with E-state index < -0.39 is 6.10 Å². The Morgan fingerprint density at radius 2 is 2.22 bits per heavy atom. The van der Waals surface area contributed by atoms with Crippen LogP contribution in [0.15, 0.2) is 30.5 Å². The molecular weight excluding hydrogens is 226 g/mol. The summed E-state index contributed by atoms with van der Waals surface area (Å²) in [4.78, 5) is 0. The Morgan fingerprint density at radius 3 is 3.00 bits per heavy atom. The normalized spacial score (nSPS) is 20.4. The molecule has 2 aromatic rings. The monoisotopic (exact) mass is 243 g/mol. The summed E-state index contributed by atoms with van der Waals surface area (Å²) in [5.74, 6) is 0.159. The van der Waals surface area contributed by atoms with Crippen LogP contribution in [0.2, 0.25) is 0 Å². The number of aliphatic hydroxyl groups is 1. The molecule has 0 amide bonds. The molecule has 0 radical (unpaired) electrons. The van der Waals surface area contributed by atoms with Crippen LogP contribution in [0.3, 0.4) is 0 Å². The minimum absolute atomic E-state index is 0.159. The summed E-state index contributed by atoms with van der Waals surface area (Å²) >= 11 is 0. The lowest BCUT2D eigenvalue weighted by Gasteiger charge is -2.29. The highest BCUT2D eigenvalue weighted by atomic mass is 16.3. The fraction of sp³-hybridized carbons (Fsp3) is 0.429. The second-order valence-corrected chi connectivity index (χ2v) is 4.92. The van der Waals surface area contributed by atoms with Crippen molar-refractivity contribution in [2.45, 2.75) is 31.3 Å². The summed E-state index contributed by atoms with van der Waals surface area (Å²) in [6.45, 7) is 0. The van der Waals surface area contributed by atoms with Gasteiger partial charge in [0.2, 0.25) is 0 Å². The van der Waals surface area contributed by atoms with Gasteiger partial charge >= 0.3 is 0 Å². The Bertz CT molecular complexity index is 549. The van der Waals surface area contributed by atoms with Crippen LogP contribution in [0, 0.1) is 0 Å². The molecule has 0 bridgehead atoms. The minimum Gasteiger partial charge on any atom is -0.386 e. The van der Waals surface area contributed by atoms with Gasteiger partial charge in [0.25, 0.3) is 0 Å². The summed E-state index contributed by atoms with van der Waals surface area (Å²) < 4.78 is 1.65. The van der Waals surface area contributed by atoms with Crippen molar-refractivity contribution in [1.82, 2.24) is 15.0 Å². The third kappa shape index (κ3) is 1.82. The van der Waals surface area contributed by atoms with Gasteiger partial charge in [0.15, 0.2) is 0 Å². The largest absolute Gasteiger partial charge is 0.386 e. The highest BCUT2D eigenvalue weighted by molar-refractivity contribution is 5.34. The van der Waals surface area contributed by atoms with Gasteiger partial charge in [0, 0.05) is 13.0 Å². The molecule has 1 heterocycles. The van der Waals surface area contributed by atoms with Crippen LogP contribution < -0.4 is 0 Å². The zero-order valence-electron chi connectivity index (χ0n) is 10.5. The zero-order valence-corrected chi connectivity index (χ0v) is 10.5. The second kappa shape index (κ2) is 4.53. The van der Waals surface area contributed by atoms with E-state index in [1.165, 1.54) is 11.1 Å². The molecule has 0 fully saturated rings. The van der Waals surface area contributed by atoms with E-state index in [-0.39, 0.29) is 5.92 Å². The number of hydrogen-bond acceptors (Lipinski definition) is 3. The van der Waals surface area contributed by atoms with Crippen molar-refractivity contribution in [3.8, 4) is 0 Å². The number of rotatable bonds is 2. The first-order valence-electron chi connectivity index (χ1n) is 6.38. The molecule has 3 rings (SSSR count). The molecule has 2 atom stereocenters. The Labute approximate surface area is 106 Å². The molecule has 0 saturated heterocycles. The Hall–Kier alpha value is -1.68. The zero-order chi connectivity index (χ0) is 12.5. The molecule has 4 nitrogen and oxygen atoms in total. The maximum absolute atomic E-state index is 10.6. The third-order valence-corrected chi connectivity index (χ3v) is 3.85. The van der Waals surface area contributed by atoms with Crippen molar-refractivity contribution >= 4 is 0 Å². The fourth-order valence-electron chi connectivity index (χ4n) is 2.89. The Morgan fingerprint density at radius 1 is 1.39 bits per heavy atom. The van der Waals surface area contributed by atoms with Crippen LogP contribution in [0.25, 0.3) is 0 Å². The van der Waals surface area contributed by atoms with Gasteiger partial charge in [-0.05, 0) is 30.4 Å². The van der Waals surface area contributed by atoms with Gasteiger partial charge in [-0.2, -0.15) is 0 Å². The van der Waals surface area contributed by atoms with E-state index >= 15 is 0 Å². The van der Waals surface area contributed by atoms with Gasteiger partial charge in [-0.3, -0.25) is 0 Å². The second-order valence-electron chi connectivity index (χ2n) is 4.92. The molecule has 94 valence electrons. The van der Waals surface area contributed by atoms with E-state index in [1.807, 2.05) is 13.1 Å². The summed E-state index contributed by atoms with van der Waals surface area (Å²) in [7, 11) is 1.82. The first kappa shape index (κ1) is 11.4. The SMILES string of the molecule is Cn1nncc1C(O)C1CCCc2ccccc21. The lowest BCUT2D eigenvalue weighted by molar-refractivity contribution is 0.127. The van der Waals surface area contributed by atoms with Gasteiger partial charge in [-0.25, -0.2) is 4.68 Å². The molecular formula is C14H17N3O. The standard InChI is InChI=1S/C14H17N3O/c1-17-13(9-15-16-17)14(18)12-8-4-6-10-5-2-3-7-11(10)12/h2-3,5,7,9,12,14,18H,4,6,8H2,1H3. The number of aromatic nitrogens is 3. The molecule has 1 aromatic carbocycles. The third-order valence-electron chi connectivity index (χ3n) is 3.85. The molecule has 0 spiro atoms. The Kier molecular flexibility index (Phi) is 2.88. The average molecular weight is 243 g/mol. The predicted octanol–water partition coefficient (Wildman–Crippen LogP) is 1.97. The van der Waals surface area contributed by atoms with Crippen molar-refractivity contribution in [2.24, 2.45) is 7.05 Å². The van der Waals surface area contributed by atoms with E-state index in [2.05, 4.69) is 28.5 Å². The van der Waals surface area contributed by atoms with Crippen molar-refractivity contribution in [1.29, 1.82) is 0 Å². The number of hydrogen-bond donors (Lipinski definition) is 1. The Balaban J connectivity index is 1.97. The highest BCUT2D eigenvalue weighted by Gasteiger charge is 2.29. The van der Waals surface area contributed by atoms with Crippen LogP contribution in [-0.2, 0) is 13.5 Å². The molecule has 4 heteroatoms. The molecule has 1 aliphatic carbocycles. The van der Waals surface area contributed by atoms with Crippen LogP contribution in [0.4, 0.5) is 0 Å². The van der Waals surface area contributed by atoms with E-state index in [1.54, 1.807) is 10.9 Å². The van der Waals surface area contributed by atoms with Crippen molar-refractivity contribution in [2.75, 3.05) is 0 Å². The summed E-state index contributed by atoms with van der Waals surface area (Å²) in [6, 6.07) is 8.41. The average Bonchev–Trinajstić information content (AvgIpc) is 2.83. The summed E-state index contributed by atoms with van der Waals surface area (Å²) in [5.41, 5.74) is 3.43. The highest BCUT2D eigenvalue weighted by Crippen LogP contribution is 2.39. The van der Waals surface area contributed by atoms with Crippen LogP contribution in [0.1, 0.15) is 41.7 Å². The molecule has 0 aliphatic heterocycles. The molecule has 1 N–H and O–H groups in total. The predicted molar refractivity (Wildman–Crippen MR) is 68.1 cm³/mol. The smallest absolute Gasteiger partial charge is 0.104 e. The first-order chi connectivity index (χ1) is 8.77. The van der Waals surface area contributed by atoms with E-state index in [4.69, 9.17) is 0 Å². The maximum Gasteiger partial charge on any atom is 0.104 e. The van der Waals surface area contributed by atoms with Crippen molar-refractivity contribution in [3.63, 3.8) is 0 Å². The van der Waals surface area contributed by atoms with Gasteiger partial charge in [-0.15, -0.1) is 5.10 Å². The molecule has 2 unspecified atom stereocenters. The molecule has 18 heavy (non-hydrogen) atoms. The van der Waals surface area contributed by atoms with Gasteiger partial charge in [-0.1, -0.05) is 29.5 Å². The molecule has 1 aliphatic rings. The number of benzene rings is 1. The van der Waals surface area contributed by atoms with E-state index in [0.29, 0.717) is 0 Å². The number of aryl methyl sites for hydroxylation is 2. The van der Waals surface area contributed by atoms with Gasteiger partial charge < -0.3 is 5.11 Å². The van der Waals surface area contributed by atoms with Crippen molar-refractivity contribution in [3.05, 3.63) is 47.3 Å². The van der Waals surface area contributed by atoms with Crippen LogP contribution in [-0.4, -0.2) is 20.1 Å². The maximum atomic E-state index is 10.6. The lowest BCUT2D eigenvalue weighted by Crippen LogP contribution is -2.19.